The quantitative estimate of drug-likeness (QED) is 0.425. The number of methoxy groups -OCH3 is 2. The molecule has 0 aliphatic rings. The second-order valence-corrected chi connectivity index (χ2v) is 7.08. The molecule has 0 atom stereocenters. The Hall–Kier alpha value is -3.79. The fourth-order valence-corrected chi connectivity index (χ4v) is 2.99. The predicted octanol–water partition coefficient (Wildman–Crippen LogP) is 2.25. The van der Waals surface area contributed by atoms with Crippen LogP contribution in [0, 0.1) is 5.82 Å². The first-order chi connectivity index (χ1) is 16.0. The van der Waals surface area contributed by atoms with E-state index in [4.69, 9.17) is 14.2 Å². The molecule has 1 heterocycles. The van der Waals surface area contributed by atoms with Crippen LogP contribution in [-0.4, -0.2) is 48.5 Å². The fraction of sp³-hybridized carbons (Fsp3) is 0.304. The summed E-state index contributed by atoms with van der Waals surface area (Å²) in [7, 11) is 3.04. The SMILES string of the molecule is COCCNC(=O)CCc1nnc(-c2ccc(OCc3cccc(F)c3)c(OC)c2)[nH]c1=O. The van der Waals surface area contributed by atoms with Crippen LogP contribution in [0.4, 0.5) is 4.39 Å². The summed E-state index contributed by atoms with van der Waals surface area (Å²) < 4.78 is 29.3. The van der Waals surface area contributed by atoms with Gasteiger partial charge in [0.05, 0.1) is 13.7 Å². The summed E-state index contributed by atoms with van der Waals surface area (Å²) in [4.78, 5) is 26.9. The highest BCUT2D eigenvalue weighted by atomic mass is 19.1. The van der Waals surface area contributed by atoms with E-state index in [1.165, 1.54) is 19.2 Å². The highest BCUT2D eigenvalue weighted by Gasteiger charge is 2.12. The molecule has 3 rings (SSSR count). The lowest BCUT2D eigenvalue weighted by molar-refractivity contribution is -0.121. The Morgan fingerprint density at radius 2 is 1.97 bits per heavy atom. The third-order valence-electron chi connectivity index (χ3n) is 4.70. The molecule has 10 heteroatoms. The fourth-order valence-electron chi connectivity index (χ4n) is 2.99. The number of hydrogen-bond donors (Lipinski definition) is 2. The number of benzene rings is 2. The van der Waals surface area contributed by atoms with Gasteiger partial charge in [0.2, 0.25) is 5.91 Å². The smallest absolute Gasteiger partial charge is 0.273 e. The number of halogens is 1. The van der Waals surface area contributed by atoms with Crippen molar-refractivity contribution in [1.29, 1.82) is 0 Å². The van der Waals surface area contributed by atoms with E-state index in [0.29, 0.717) is 35.8 Å². The van der Waals surface area contributed by atoms with Crippen LogP contribution >= 0.6 is 0 Å². The third-order valence-corrected chi connectivity index (χ3v) is 4.70. The molecule has 0 bridgehead atoms. The summed E-state index contributed by atoms with van der Waals surface area (Å²) in [6, 6.07) is 11.2. The third kappa shape index (κ3) is 6.84. The van der Waals surface area contributed by atoms with Crippen LogP contribution in [0.3, 0.4) is 0 Å². The number of aromatic amines is 1. The molecule has 9 nitrogen and oxygen atoms in total. The Morgan fingerprint density at radius 3 is 2.70 bits per heavy atom. The van der Waals surface area contributed by atoms with E-state index < -0.39 is 5.56 Å². The molecule has 3 aromatic rings. The maximum absolute atomic E-state index is 13.3. The van der Waals surface area contributed by atoms with Gasteiger partial charge in [0, 0.05) is 32.1 Å². The maximum Gasteiger partial charge on any atom is 0.273 e. The molecule has 174 valence electrons. The number of ether oxygens (including phenoxy) is 3. The largest absolute Gasteiger partial charge is 0.493 e. The molecular weight excluding hydrogens is 431 g/mol. The van der Waals surface area contributed by atoms with Crippen molar-refractivity contribution in [3.63, 3.8) is 0 Å². The first-order valence-electron chi connectivity index (χ1n) is 10.3. The van der Waals surface area contributed by atoms with Crippen molar-refractivity contribution in [1.82, 2.24) is 20.5 Å². The monoisotopic (exact) mass is 456 g/mol. The number of carbonyl (C=O) groups excluding carboxylic acids is 1. The Kier molecular flexibility index (Phi) is 8.48. The van der Waals surface area contributed by atoms with E-state index >= 15 is 0 Å². The predicted molar refractivity (Wildman–Crippen MR) is 119 cm³/mol. The molecule has 0 saturated carbocycles. The van der Waals surface area contributed by atoms with Gasteiger partial charge in [0.15, 0.2) is 17.3 Å². The standard InChI is InChI=1S/C23H25FN4O5/c1-31-11-10-25-21(29)9-7-18-23(30)26-22(28-27-18)16-6-8-19(20(13-16)32-2)33-14-15-4-3-5-17(24)12-15/h3-6,8,12-13H,7,9-11,14H2,1-2H3,(H,25,29)(H,26,28,30). The molecule has 0 fully saturated rings. The van der Waals surface area contributed by atoms with Crippen molar-refractivity contribution in [2.45, 2.75) is 19.4 Å². The van der Waals surface area contributed by atoms with Crippen LogP contribution in [0.15, 0.2) is 47.3 Å². The molecule has 2 N–H and O–H groups in total. The molecule has 0 radical (unpaired) electrons. The molecule has 0 spiro atoms. The van der Waals surface area contributed by atoms with Gasteiger partial charge in [0.25, 0.3) is 5.56 Å². The van der Waals surface area contributed by atoms with Crippen molar-refractivity contribution >= 4 is 5.91 Å². The van der Waals surface area contributed by atoms with Crippen LogP contribution < -0.4 is 20.3 Å². The Balaban J connectivity index is 1.66. The lowest BCUT2D eigenvalue weighted by Crippen LogP contribution is -2.28. The first-order valence-corrected chi connectivity index (χ1v) is 10.3. The average Bonchev–Trinajstić information content (AvgIpc) is 2.82. The zero-order valence-electron chi connectivity index (χ0n) is 18.4. The molecule has 1 amide bonds. The number of nitrogens with zero attached hydrogens (tertiary/aromatic N) is 2. The molecule has 0 unspecified atom stereocenters. The number of aryl methyl sites for hydroxylation is 1. The maximum atomic E-state index is 13.3. The number of rotatable bonds is 11. The number of carbonyl (C=O) groups is 1. The zero-order chi connectivity index (χ0) is 23.6. The number of hydrogen-bond acceptors (Lipinski definition) is 7. The van der Waals surface area contributed by atoms with Gasteiger partial charge >= 0.3 is 0 Å². The van der Waals surface area contributed by atoms with Gasteiger partial charge in [-0.2, -0.15) is 0 Å². The molecule has 0 saturated heterocycles. The molecule has 33 heavy (non-hydrogen) atoms. The average molecular weight is 456 g/mol. The van der Waals surface area contributed by atoms with E-state index in [1.807, 2.05) is 0 Å². The second kappa shape index (κ2) is 11.7. The summed E-state index contributed by atoms with van der Waals surface area (Å²) in [5.41, 5.74) is 0.996. The summed E-state index contributed by atoms with van der Waals surface area (Å²) in [5, 5.41) is 10.7. The molecule has 1 aromatic heterocycles. The minimum absolute atomic E-state index is 0.117. The van der Waals surface area contributed by atoms with Gasteiger partial charge in [-0.15, -0.1) is 10.2 Å². The Bertz CT molecular complexity index is 1150. The van der Waals surface area contributed by atoms with Crippen molar-refractivity contribution in [3.05, 3.63) is 69.9 Å². The zero-order valence-corrected chi connectivity index (χ0v) is 18.4. The first kappa shape index (κ1) is 23.9. The van der Waals surface area contributed by atoms with E-state index in [-0.39, 0.29) is 42.7 Å². The summed E-state index contributed by atoms with van der Waals surface area (Å²) in [6.45, 7) is 0.983. The number of aromatic nitrogens is 3. The summed E-state index contributed by atoms with van der Waals surface area (Å²) in [6.07, 6.45) is 0.281. The molecule has 0 aliphatic carbocycles. The minimum Gasteiger partial charge on any atom is -0.493 e. The molecule has 0 aliphatic heterocycles. The summed E-state index contributed by atoms with van der Waals surface area (Å²) >= 11 is 0. The number of H-pyrrole nitrogens is 1. The normalized spacial score (nSPS) is 10.6. The van der Waals surface area contributed by atoms with Crippen molar-refractivity contribution in [3.8, 4) is 22.9 Å². The molecule has 2 aromatic carbocycles. The lowest BCUT2D eigenvalue weighted by Gasteiger charge is -2.12. The van der Waals surface area contributed by atoms with Crippen LogP contribution in [0.5, 0.6) is 11.5 Å². The van der Waals surface area contributed by atoms with Gasteiger partial charge < -0.3 is 24.5 Å². The minimum atomic E-state index is -0.421. The highest BCUT2D eigenvalue weighted by molar-refractivity contribution is 5.76. The topological polar surface area (TPSA) is 115 Å². The van der Waals surface area contributed by atoms with Gasteiger partial charge in [-0.25, -0.2) is 4.39 Å². The molecular formula is C23H25FN4O5. The van der Waals surface area contributed by atoms with E-state index in [9.17, 15) is 14.0 Å². The van der Waals surface area contributed by atoms with Crippen LogP contribution in [-0.2, 0) is 22.6 Å². The number of nitrogens with one attached hydrogen (secondary N) is 2. The lowest BCUT2D eigenvalue weighted by atomic mass is 10.2. The van der Waals surface area contributed by atoms with Crippen molar-refractivity contribution in [2.24, 2.45) is 0 Å². The van der Waals surface area contributed by atoms with E-state index in [1.54, 1.807) is 37.4 Å². The van der Waals surface area contributed by atoms with Crippen LogP contribution in [0.1, 0.15) is 17.7 Å². The van der Waals surface area contributed by atoms with Gasteiger partial charge in [0.1, 0.15) is 18.1 Å². The van der Waals surface area contributed by atoms with Gasteiger partial charge in [-0.1, -0.05) is 12.1 Å². The summed E-state index contributed by atoms with van der Waals surface area (Å²) in [5.74, 6) is 0.593. The second-order valence-electron chi connectivity index (χ2n) is 7.08. The Morgan fingerprint density at radius 1 is 1.12 bits per heavy atom. The van der Waals surface area contributed by atoms with Crippen LogP contribution in [0.2, 0.25) is 0 Å². The van der Waals surface area contributed by atoms with Gasteiger partial charge in [-0.3, -0.25) is 9.59 Å². The van der Waals surface area contributed by atoms with Gasteiger partial charge in [-0.05, 0) is 35.9 Å². The van der Waals surface area contributed by atoms with Crippen molar-refractivity contribution in [2.75, 3.05) is 27.4 Å². The van der Waals surface area contributed by atoms with E-state index in [2.05, 4.69) is 20.5 Å². The highest BCUT2D eigenvalue weighted by Crippen LogP contribution is 2.31. The Labute approximate surface area is 189 Å². The van der Waals surface area contributed by atoms with E-state index in [0.717, 1.165) is 0 Å². The van der Waals surface area contributed by atoms with Crippen LogP contribution in [0.25, 0.3) is 11.4 Å². The number of amides is 1. The van der Waals surface area contributed by atoms with Crippen molar-refractivity contribution < 1.29 is 23.4 Å².